The summed E-state index contributed by atoms with van der Waals surface area (Å²) in [6, 6.07) is 0. The molecule has 4 atom stereocenters. The van der Waals surface area contributed by atoms with Gasteiger partial charge in [0, 0.05) is 18.8 Å². The lowest BCUT2D eigenvalue weighted by Gasteiger charge is -2.24. The minimum Gasteiger partial charge on any atom is -0.481 e. The molecule has 0 aromatic heterocycles. The summed E-state index contributed by atoms with van der Waals surface area (Å²) >= 11 is 0. The number of aliphatic imine (C=N–C) groups is 2. The summed E-state index contributed by atoms with van der Waals surface area (Å²) in [5, 5.41) is 10.0. The molecule has 0 aliphatic carbocycles. The number of nitrogens with one attached hydrogen (secondary N) is 1. The predicted octanol–water partition coefficient (Wildman–Crippen LogP) is -0.530. The smallest absolute Gasteiger partial charge is 0.337 e. The van der Waals surface area contributed by atoms with Crippen LogP contribution in [0.15, 0.2) is 33.7 Å². The van der Waals surface area contributed by atoms with Crippen LogP contribution < -0.4 is 4.72 Å². The second-order valence-electron chi connectivity index (χ2n) is 5.19. The van der Waals surface area contributed by atoms with Crippen LogP contribution in [0.2, 0.25) is 0 Å². The Kier molecular flexibility index (Phi) is 4.34. The van der Waals surface area contributed by atoms with Crippen LogP contribution in [0.25, 0.3) is 0 Å². The quantitative estimate of drug-likeness (QED) is 0.693. The maximum absolute atomic E-state index is 11.4. The molecule has 3 rings (SSSR count). The van der Waals surface area contributed by atoms with Gasteiger partial charge in [0.15, 0.2) is 0 Å². The molecule has 3 heterocycles. The number of aliphatic hydroxyl groups excluding tert-OH is 1. The summed E-state index contributed by atoms with van der Waals surface area (Å²) < 4.78 is 40.2. The molecular formula is C13H17N3O6S. The van der Waals surface area contributed by atoms with Crippen molar-refractivity contribution in [3.05, 3.63) is 23.7 Å². The van der Waals surface area contributed by atoms with E-state index < -0.39 is 28.7 Å². The fourth-order valence-corrected chi connectivity index (χ4v) is 3.33. The van der Waals surface area contributed by atoms with Crippen molar-refractivity contribution >= 4 is 22.2 Å². The highest BCUT2D eigenvalue weighted by molar-refractivity contribution is 7.84. The molecule has 2 N–H and O–H groups in total. The van der Waals surface area contributed by atoms with Crippen molar-refractivity contribution in [2.75, 3.05) is 14.2 Å². The van der Waals surface area contributed by atoms with E-state index in [1.165, 1.54) is 7.11 Å². The Morgan fingerprint density at radius 3 is 2.91 bits per heavy atom. The Labute approximate surface area is 133 Å². The minimum atomic E-state index is -3.96. The van der Waals surface area contributed by atoms with Crippen molar-refractivity contribution in [3.8, 4) is 0 Å². The van der Waals surface area contributed by atoms with E-state index in [0.717, 1.165) is 18.4 Å². The second-order valence-corrected chi connectivity index (χ2v) is 6.67. The van der Waals surface area contributed by atoms with Crippen molar-refractivity contribution in [1.82, 2.24) is 4.72 Å². The lowest BCUT2D eigenvalue weighted by molar-refractivity contribution is -0.00124. The number of methoxy groups -OCH3 is 1. The number of hydrogen-bond acceptors (Lipinski definition) is 8. The van der Waals surface area contributed by atoms with Gasteiger partial charge in [-0.25, -0.2) is 4.99 Å². The van der Waals surface area contributed by atoms with E-state index in [4.69, 9.17) is 9.47 Å². The molecular weight excluding hydrogens is 326 g/mol. The first-order valence-corrected chi connectivity index (χ1v) is 8.34. The molecule has 0 bridgehead atoms. The number of allylic oxidation sites excluding steroid dienone is 2. The van der Waals surface area contributed by atoms with Crippen molar-refractivity contribution < 1.29 is 27.2 Å². The monoisotopic (exact) mass is 343 g/mol. The van der Waals surface area contributed by atoms with Crippen LogP contribution in [-0.2, 0) is 24.0 Å². The van der Waals surface area contributed by atoms with E-state index in [-0.39, 0.29) is 12.3 Å². The van der Waals surface area contributed by atoms with Gasteiger partial charge in [0.05, 0.1) is 43.6 Å². The SMILES string of the molecule is COC1=C2C=CN=C2C([C@H]2C[C@H](O)[C@H](NS(=O)(=O)OC)O2)C=N1. The summed E-state index contributed by atoms with van der Waals surface area (Å²) in [7, 11) is -1.41. The number of ether oxygens (including phenoxy) is 2. The fourth-order valence-electron chi connectivity index (χ4n) is 2.74. The van der Waals surface area contributed by atoms with Crippen LogP contribution in [0.4, 0.5) is 0 Å². The summed E-state index contributed by atoms with van der Waals surface area (Å²) in [4.78, 5) is 8.54. The summed E-state index contributed by atoms with van der Waals surface area (Å²) in [5.41, 5.74) is 1.49. The van der Waals surface area contributed by atoms with Crippen molar-refractivity contribution in [2.24, 2.45) is 15.9 Å². The Morgan fingerprint density at radius 1 is 1.43 bits per heavy atom. The molecule has 1 fully saturated rings. The normalized spacial score (nSPS) is 33.1. The van der Waals surface area contributed by atoms with Gasteiger partial charge in [-0.1, -0.05) is 0 Å². The standard InChI is InChI=1S/C13H17N3O6S/c1-20-12-7-3-4-14-11(7)8(6-15-12)10-5-9(17)13(22-10)16-23(18,19)21-2/h3-4,6,8-10,13,16-17H,5H2,1-2H3/t8?,9-,10+,13+/m0/s1. The molecule has 3 aliphatic rings. The molecule has 0 aromatic carbocycles. The van der Waals surface area contributed by atoms with Crippen molar-refractivity contribution in [1.29, 1.82) is 0 Å². The van der Waals surface area contributed by atoms with Crippen LogP contribution in [0, 0.1) is 5.92 Å². The summed E-state index contributed by atoms with van der Waals surface area (Å²) in [6.07, 6.45) is 2.76. The van der Waals surface area contributed by atoms with E-state index >= 15 is 0 Å². The molecule has 126 valence electrons. The third-order valence-electron chi connectivity index (χ3n) is 3.85. The predicted molar refractivity (Wildman–Crippen MR) is 80.9 cm³/mol. The lowest BCUT2D eigenvalue weighted by atomic mass is 9.90. The second kappa shape index (κ2) is 6.13. The van der Waals surface area contributed by atoms with Crippen molar-refractivity contribution in [2.45, 2.75) is 24.9 Å². The van der Waals surface area contributed by atoms with Crippen LogP contribution >= 0.6 is 0 Å². The average Bonchev–Trinajstić information content (AvgIpc) is 3.13. The zero-order valence-electron chi connectivity index (χ0n) is 12.5. The first-order chi connectivity index (χ1) is 10.9. The van der Waals surface area contributed by atoms with E-state index in [2.05, 4.69) is 18.9 Å². The molecule has 0 aromatic rings. The van der Waals surface area contributed by atoms with Gasteiger partial charge < -0.3 is 14.6 Å². The van der Waals surface area contributed by atoms with Gasteiger partial charge in [-0.3, -0.25) is 9.18 Å². The molecule has 9 nitrogen and oxygen atoms in total. The maximum atomic E-state index is 11.4. The zero-order valence-corrected chi connectivity index (χ0v) is 13.4. The molecule has 0 spiro atoms. The topological polar surface area (TPSA) is 119 Å². The molecule has 0 amide bonds. The van der Waals surface area contributed by atoms with Crippen LogP contribution in [0.1, 0.15) is 6.42 Å². The number of fused-ring (bicyclic) bond motifs is 1. The largest absolute Gasteiger partial charge is 0.481 e. The highest BCUT2D eigenvalue weighted by atomic mass is 32.2. The lowest BCUT2D eigenvalue weighted by Crippen LogP contribution is -2.42. The third kappa shape index (κ3) is 3.08. The van der Waals surface area contributed by atoms with Gasteiger partial charge in [-0.05, 0) is 6.08 Å². The Hall–Kier alpha value is -1.59. The van der Waals surface area contributed by atoms with E-state index in [1.807, 2.05) is 0 Å². The van der Waals surface area contributed by atoms with E-state index in [9.17, 15) is 13.5 Å². The van der Waals surface area contributed by atoms with Gasteiger partial charge in [-0.15, -0.1) is 0 Å². The number of nitrogens with zero attached hydrogens (tertiary/aromatic N) is 2. The maximum Gasteiger partial charge on any atom is 0.337 e. The Balaban J connectivity index is 1.75. The van der Waals surface area contributed by atoms with Crippen LogP contribution in [-0.4, -0.2) is 58.1 Å². The van der Waals surface area contributed by atoms with Crippen molar-refractivity contribution in [3.63, 3.8) is 0 Å². The van der Waals surface area contributed by atoms with Gasteiger partial charge >= 0.3 is 10.3 Å². The summed E-state index contributed by atoms with van der Waals surface area (Å²) in [6.45, 7) is 0. The number of hydrogen-bond donors (Lipinski definition) is 2. The average molecular weight is 343 g/mol. The number of rotatable bonds is 5. The first kappa shape index (κ1) is 16.3. The van der Waals surface area contributed by atoms with Crippen LogP contribution in [0.5, 0.6) is 0 Å². The minimum absolute atomic E-state index is 0.238. The van der Waals surface area contributed by atoms with Crippen LogP contribution in [0.3, 0.4) is 0 Å². The highest BCUT2D eigenvalue weighted by Crippen LogP contribution is 2.32. The van der Waals surface area contributed by atoms with E-state index in [1.54, 1.807) is 18.5 Å². The molecule has 1 saturated heterocycles. The Bertz CT molecular complexity index is 711. The molecule has 23 heavy (non-hydrogen) atoms. The molecule has 10 heteroatoms. The van der Waals surface area contributed by atoms with Gasteiger partial charge in [0.2, 0.25) is 5.88 Å². The Morgan fingerprint density at radius 2 is 2.22 bits per heavy atom. The highest BCUT2D eigenvalue weighted by Gasteiger charge is 2.43. The van der Waals surface area contributed by atoms with Gasteiger partial charge in [0.1, 0.15) is 6.23 Å². The fraction of sp³-hybridized carbons (Fsp3) is 0.538. The molecule has 1 unspecified atom stereocenters. The first-order valence-electron chi connectivity index (χ1n) is 6.93. The third-order valence-corrected chi connectivity index (χ3v) is 4.81. The van der Waals surface area contributed by atoms with E-state index in [0.29, 0.717) is 5.88 Å². The molecule has 0 saturated carbocycles. The van der Waals surface area contributed by atoms with Gasteiger partial charge in [-0.2, -0.15) is 13.1 Å². The number of aliphatic hydroxyl groups is 1. The van der Waals surface area contributed by atoms with Gasteiger partial charge in [0.25, 0.3) is 0 Å². The molecule has 3 aliphatic heterocycles. The zero-order chi connectivity index (χ0) is 16.6. The summed E-state index contributed by atoms with van der Waals surface area (Å²) in [5.74, 6) is 0.162. The molecule has 0 radical (unpaired) electrons.